The Morgan fingerprint density at radius 1 is 1.38 bits per heavy atom. The molecule has 2 N–H and O–H groups in total. The maximum Gasteiger partial charge on any atom is 0.234 e. The summed E-state index contributed by atoms with van der Waals surface area (Å²) in [7, 11) is 0. The third-order valence-corrected chi connectivity index (χ3v) is 3.91. The highest BCUT2D eigenvalue weighted by Gasteiger charge is 2.34. The SMILES string of the molecule is CC(C)N1C(=O)CS[C@@H]1c1ccc(N)cc1. The second kappa shape index (κ2) is 4.37. The van der Waals surface area contributed by atoms with Crippen molar-refractivity contribution in [2.45, 2.75) is 25.3 Å². The van der Waals surface area contributed by atoms with Gasteiger partial charge in [-0.15, -0.1) is 11.8 Å². The van der Waals surface area contributed by atoms with Crippen LogP contribution in [-0.4, -0.2) is 22.6 Å². The molecule has 1 saturated heterocycles. The quantitative estimate of drug-likeness (QED) is 0.801. The van der Waals surface area contributed by atoms with Crippen molar-refractivity contribution in [2.24, 2.45) is 0 Å². The minimum Gasteiger partial charge on any atom is -0.399 e. The normalized spacial score (nSPS) is 20.8. The van der Waals surface area contributed by atoms with Crippen LogP contribution >= 0.6 is 11.8 Å². The van der Waals surface area contributed by atoms with Crippen molar-refractivity contribution in [3.8, 4) is 0 Å². The van der Waals surface area contributed by atoms with Crippen LogP contribution in [-0.2, 0) is 4.79 Å². The first-order chi connectivity index (χ1) is 7.59. The summed E-state index contributed by atoms with van der Waals surface area (Å²) in [5.74, 6) is 0.801. The molecule has 0 aliphatic carbocycles. The molecule has 86 valence electrons. The maximum atomic E-state index is 11.7. The van der Waals surface area contributed by atoms with Crippen LogP contribution in [0.25, 0.3) is 0 Å². The zero-order valence-electron chi connectivity index (χ0n) is 9.51. The van der Waals surface area contributed by atoms with Gasteiger partial charge in [-0.3, -0.25) is 4.79 Å². The number of amides is 1. The molecule has 1 aromatic rings. The van der Waals surface area contributed by atoms with E-state index in [1.54, 1.807) is 11.8 Å². The minimum absolute atomic E-state index is 0.146. The van der Waals surface area contributed by atoms with Crippen molar-refractivity contribution in [3.63, 3.8) is 0 Å². The fourth-order valence-electron chi connectivity index (χ4n) is 1.91. The van der Waals surface area contributed by atoms with Gasteiger partial charge in [-0.1, -0.05) is 12.1 Å². The number of hydrogen-bond donors (Lipinski definition) is 1. The number of nitrogen functional groups attached to an aromatic ring is 1. The molecule has 0 radical (unpaired) electrons. The summed E-state index contributed by atoms with van der Waals surface area (Å²) in [6.07, 6.45) is 0. The van der Waals surface area contributed by atoms with E-state index >= 15 is 0 Å². The lowest BCUT2D eigenvalue weighted by Gasteiger charge is -2.28. The van der Waals surface area contributed by atoms with Crippen LogP contribution in [0.15, 0.2) is 24.3 Å². The first-order valence-electron chi connectivity index (χ1n) is 5.38. The van der Waals surface area contributed by atoms with Gasteiger partial charge in [0.2, 0.25) is 5.91 Å². The number of benzene rings is 1. The molecule has 1 aromatic carbocycles. The second-order valence-corrected chi connectivity index (χ2v) is 5.29. The molecule has 3 nitrogen and oxygen atoms in total. The molecule has 1 amide bonds. The lowest BCUT2D eigenvalue weighted by molar-refractivity contribution is -0.129. The topological polar surface area (TPSA) is 46.3 Å². The van der Waals surface area contributed by atoms with Crippen LogP contribution in [0.4, 0.5) is 5.69 Å². The maximum absolute atomic E-state index is 11.7. The van der Waals surface area contributed by atoms with Gasteiger partial charge < -0.3 is 10.6 Å². The summed E-state index contributed by atoms with van der Waals surface area (Å²) in [5.41, 5.74) is 7.57. The average molecular weight is 236 g/mol. The predicted molar refractivity (Wildman–Crippen MR) is 68.0 cm³/mol. The van der Waals surface area contributed by atoms with E-state index < -0.39 is 0 Å². The largest absolute Gasteiger partial charge is 0.399 e. The Bertz CT molecular complexity index is 389. The predicted octanol–water partition coefficient (Wildman–Crippen LogP) is 2.25. The highest BCUT2D eigenvalue weighted by Crippen LogP contribution is 2.39. The third kappa shape index (κ3) is 2.02. The molecule has 0 saturated carbocycles. The van der Waals surface area contributed by atoms with Crippen molar-refractivity contribution in [3.05, 3.63) is 29.8 Å². The van der Waals surface area contributed by atoms with Crippen LogP contribution in [0, 0.1) is 0 Å². The monoisotopic (exact) mass is 236 g/mol. The van der Waals surface area contributed by atoms with Gasteiger partial charge in [0.1, 0.15) is 5.37 Å². The fraction of sp³-hybridized carbons (Fsp3) is 0.417. The van der Waals surface area contributed by atoms with Crippen LogP contribution in [0.5, 0.6) is 0 Å². The molecule has 0 spiro atoms. The van der Waals surface area contributed by atoms with Gasteiger partial charge in [0, 0.05) is 11.7 Å². The Labute approximate surface area is 100.0 Å². The smallest absolute Gasteiger partial charge is 0.234 e. The van der Waals surface area contributed by atoms with E-state index in [2.05, 4.69) is 0 Å². The van der Waals surface area contributed by atoms with Crippen molar-refractivity contribution in [1.29, 1.82) is 0 Å². The van der Waals surface area contributed by atoms with Crippen molar-refractivity contribution >= 4 is 23.4 Å². The highest BCUT2D eigenvalue weighted by molar-refractivity contribution is 8.00. The van der Waals surface area contributed by atoms with Gasteiger partial charge in [0.05, 0.1) is 5.75 Å². The van der Waals surface area contributed by atoms with Crippen molar-refractivity contribution in [1.82, 2.24) is 4.90 Å². The molecule has 0 bridgehead atoms. The molecule has 1 atom stereocenters. The van der Waals surface area contributed by atoms with E-state index in [0.29, 0.717) is 5.75 Å². The number of hydrogen-bond acceptors (Lipinski definition) is 3. The minimum atomic E-state index is 0.146. The number of nitrogens with zero attached hydrogens (tertiary/aromatic N) is 1. The Hall–Kier alpha value is -1.16. The van der Waals surface area contributed by atoms with Gasteiger partial charge in [0.15, 0.2) is 0 Å². The summed E-state index contributed by atoms with van der Waals surface area (Å²) in [5, 5.41) is 0.146. The fourth-order valence-corrected chi connectivity index (χ4v) is 3.23. The molecule has 1 fully saturated rings. The molecule has 4 heteroatoms. The second-order valence-electron chi connectivity index (χ2n) is 4.22. The Morgan fingerprint density at radius 2 is 2.00 bits per heavy atom. The Balaban J connectivity index is 2.26. The van der Waals surface area contributed by atoms with Crippen molar-refractivity contribution in [2.75, 3.05) is 11.5 Å². The summed E-state index contributed by atoms with van der Waals surface area (Å²) < 4.78 is 0. The zero-order valence-corrected chi connectivity index (χ0v) is 10.3. The standard InChI is InChI=1S/C12H16N2OS/c1-8(2)14-11(15)7-16-12(14)9-3-5-10(13)6-4-9/h3-6,8,12H,7,13H2,1-2H3/t12-/m1/s1. The van der Waals surface area contributed by atoms with Gasteiger partial charge in [-0.2, -0.15) is 0 Å². The molecule has 1 heterocycles. The molecule has 1 aliphatic rings. The summed E-state index contributed by atoms with van der Waals surface area (Å²) in [6.45, 7) is 4.10. The molecular formula is C12H16N2OS. The van der Waals surface area contributed by atoms with E-state index in [4.69, 9.17) is 5.73 Å². The van der Waals surface area contributed by atoms with Crippen LogP contribution in [0.1, 0.15) is 24.8 Å². The number of carbonyl (C=O) groups is 1. The zero-order chi connectivity index (χ0) is 11.7. The molecule has 2 rings (SSSR count). The summed E-state index contributed by atoms with van der Waals surface area (Å²) in [4.78, 5) is 13.7. The lowest BCUT2D eigenvalue weighted by Crippen LogP contribution is -2.34. The van der Waals surface area contributed by atoms with Gasteiger partial charge in [-0.05, 0) is 31.5 Å². The molecule has 0 unspecified atom stereocenters. The van der Waals surface area contributed by atoms with Crippen LogP contribution in [0.3, 0.4) is 0 Å². The number of rotatable bonds is 2. The highest BCUT2D eigenvalue weighted by atomic mass is 32.2. The van der Waals surface area contributed by atoms with Crippen LogP contribution < -0.4 is 5.73 Å². The number of thioether (sulfide) groups is 1. The van der Waals surface area contributed by atoms with Gasteiger partial charge in [0.25, 0.3) is 0 Å². The van der Waals surface area contributed by atoms with Crippen LogP contribution in [0.2, 0.25) is 0 Å². The van der Waals surface area contributed by atoms with Gasteiger partial charge in [-0.25, -0.2) is 0 Å². The van der Waals surface area contributed by atoms with E-state index in [9.17, 15) is 4.79 Å². The first kappa shape index (κ1) is 11.3. The molecule has 1 aliphatic heterocycles. The number of anilines is 1. The molecule has 16 heavy (non-hydrogen) atoms. The average Bonchev–Trinajstić information content (AvgIpc) is 2.61. The van der Waals surface area contributed by atoms with E-state index in [0.717, 1.165) is 11.3 Å². The van der Waals surface area contributed by atoms with E-state index in [1.165, 1.54) is 0 Å². The summed E-state index contributed by atoms with van der Waals surface area (Å²) >= 11 is 1.68. The third-order valence-electron chi connectivity index (χ3n) is 2.68. The van der Waals surface area contributed by atoms with E-state index in [1.807, 2.05) is 43.0 Å². The Kier molecular flexibility index (Phi) is 3.10. The molecule has 0 aromatic heterocycles. The van der Waals surface area contributed by atoms with Gasteiger partial charge >= 0.3 is 0 Å². The molecular weight excluding hydrogens is 220 g/mol. The summed E-state index contributed by atoms with van der Waals surface area (Å²) in [6, 6.07) is 8.01. The Morgan fingerprint density at radius 3 is 2.56 bits per heavy atom. The number of carbonyl (C=O) groups excluding carboxylic acids is 1. The van der Waals surface area contributed by atoms with E-state index in [-0.39, 0.29) is 17.3 Å². The first-order valence-corrected chi connectivity index (χ1v) is 6.42. The van der Waals surface area contributed by atoms with Crippen molar-refractivity contribution < 1.29 is 4.79 Å². The number of nitrogens with two attached hydrogens (primary N) is 1. The lowest BCUT2D eigenvalue weighted by atomic mass is 10.1.